The largest absolute Gasteiger partial charge is 0.306 e. The molecule has 21 heavy (non-hydrogen) atoms. The van der Waals surface area contributed by atoms with Gasteiger partial charge in [-0.05, 0) is 55.6 Å². The molecule has 0 saturated heterocycles. The molecule has 0 saturated carbocycles. The van der Waals surface area contributed by atoms with Crippen molar-refractivity contribution in [2.75, 3.05) is 6.54 Å². The van der Waals surface area contributed by atoms with E-state index in [0.717, 1.165) is 27.7 Å². The summed E-state index contributed by atoms with van der Waals surface area (Å²) in [4.78, 5) is 0. The Labute approximate surface area is 134 Å². The Kier molecular flexibility index (Phi) is 5.17. The molecule has 2 aromatic rings. The van der Waals surface area contributed by atoms with Crippen molar-refractivity contribution in [3.05, 3.63) is 68.4 Å². The van der Waals surface area contributed by atoms with Crippen molar-refractivity contribution in [2.24, 2.45) is 0 Å². The smallest absolute Gasteiger partial charge is 0.131 e. The van der Waals surface area contributed by atoms with E-state index in [1.54, 1.807) is 0 Å². The van der Waals surface area contributed by atoms with Gasteiger partial charge < -0.3 is 5.32 Å². The van der Waals surface area contributed by atoms with Gasteiger partial charge in [-0.15, -0.1) is 0 Å². The second kappa shape index (κ2) is 6.71. The minimum Gasteiger partial charge on any atom is -0.306 e. The third-order valence-electron chi connectivity index (χ3n) is 3.80. The highest BCUT2D eigenvalue weighted by Crippen LogP contribution is 2.31. The number of benzene rings is 2. The summed E-state index contributed by atoms with van der Waals surface area (Å²) in [6.07, 6.45) is 0. The monoisotopic (exact) mass is 349 g/mol. The third-order valence-corrected chi connectivity index (χ3v) is 4.65. The molecule has 0 aliphatic carbocycles. The van der Waals surface area contributed by atoms with Crippen LogP contribution in [0.1, 0.15) is 40.8 Å². The van der Waals surface area contributed by atoms with Crippen molar-refractivity contribution < 1.29 is 4.39 Å². The van der Waals surface area contributed by atoms with Crippen LogP contribution in [0.15, 0.2) is 34.8 Å². The summed E-state index contributed by atoms with van der Waals surface area (Å²) >= 11 is 3.56. The maximum absolute atomic E-state index is 14.5. The van der Waals surface area contributed by atoms with E-state index < -0.39 is 0 Å². The molecule has 1 atom stereocenters. The van der Waals surface area contributed by atoms with E-state index in [1.165, 1.54) is 0 Å². The van der Waals surface area contributed by atoms with Crippen LogP contribution in [-0.2, 0) is 0 Å². The highest BCUT2D eigenvalue weighted by atomic mass is 79.9. The predicted molar refractivity (Wildman–Crippen MR) is 90.3 cm³/mol. The van der Waals surface area contributed by atoms with Gasteiger partial charge in [-0.1, -0.05) is 47.1 Å². The molecule has 0 heterocycles. The molecule has 112 valence electrons. The Hall–Kier alpha value is -1.19. The Morgan fingerprint density at radius 3 is 2.43 bits per heavy atom. The number of rotatable bonds is 4. The average molecular weight is 350 g/mol. The fourth-order valence-electron chi connectivity index (χ4n) is 2.60. The SMILES string of the molecule is CCNC(c1cc(C)c(Br)cc1C)c1cccc(C)c1F. The lowest BCUT2D eigenvalue weighted by Crippen LogP contribution is -2.24. The lowest BCUT2D eigenvalue weighted by Gasteiger charge is -2.23. The maximum Gasteiger partial charge on any atom is 0.131 e. The summed E-state index contributed by atoms with van der Waals surface area (Å²) in [5, 5.41) is 3.42. The number of aryl methyl sites for hydroxylation is 3. The average Bonchev–Trinajstić information content (AvgIpc) is 2.44. The van der Waals surface area contributed by atoms with Gasteiger partial charge in [0.15, 0.2) is 0 Å². The van der Waals surface area contributed by atoms with Crippen molar-refractivity contribution in [1.29, 1.82) is 0 Å². The molecule has 0 spiro atoms. The lowest BCUT2D eigenvalue weighted by molar-refractivity contribution is 0.552. The van der Waals surface area contributed by atoms with E-state index in [-0.39, 0.29) is 11.9 Å². The Bertz CT molecular complexity index is 652. The summed E-state index contributed by atoms with van der Waals surface area (Å²) in [6.45, 7) is 8.76. The number of hydrogen-bond donors (Lipinski definition) is 1. The molecule has 0 aliphatic heterocycles. The molecule has 1 nitrogen and oxygen atoms in total. The van der Waals surface area contributed by atoms with Gasteiger partial charge in [0.1, 0.15) is 5.82 Å². The number of nitrogens with one attached hydrogen (secondary N) is 1. The highest BCUT2D eigenvalue weighted by molar-refractivity contribution is 9.10. The van der Waals surface area contributed by atoms with Crippen LogP contribution < -0.4 is 5.32 Å². The number of halogens is 2. The van der Waals surface area contributed by atoms with Crippen molar-refractivity contribution in [3.63, 3.8) is 0 Å². The highest BCUT2D eigenvalue weighted by Gasteiger charge is 2.20. The molecule has 0 bridgehead atoms. The molecule has 0 fully saturated rings. The van der Waals surface area contributed by atoms with Crippen LogP contribution in [0.5, 0.6) is 0 Å². The van der Waals surface area contributed by atoms with E-state index >= 15 is 0 Å². The zero-order chi connectivity index (χ0) is 15.6. The summed E-state index contributed by atoms with van der Waals surface area (Å²) in [5.41, 5.74) is 4.83. The van der Waals surface area contributed by atoms with Crippen LogP contribution in [0.2, 0.25) is 0 Å². The first-order chi connectivity index (χ1) is 9.95. The molecule has 0 radical (unpaired) electrons. The van der Waals surface area contributed by atoms with E-state index in [2.05, 4.69) is 47.2 Å². The molecule has 3 heteroatoms. The Morgan fingerprint density at radius 2 is 1.76 bits per heavy atom. The van der Waals surface area contributed by atoms with Crippen molar-refractivity contribution in [3.8, 4) is 0 Å². The maximum atomic E-state index is 14.5. The normalized spacial score (nSPS) is 12.5. The van der Waals surface area contributed by atoms with Gasteiger partial charge in [-0.3, -0.25) is 0 Å². The molecular weight excluding hydrogens is 329 g/mol. The first-order valence-corrected chi connectivity index (χ1v) is 8.00. The molecule has 2 aromatic carbocycles. The summed E-state index contributed by atoms with van der Waals surface area (Å²) < 4.78 is 15.6. The molecule has 1 N–H and O–H groups in total. The van der Waals surface area contributed by atoms with Gasteiger partial charge in [0.25, 0.3) is 0 Å². The van der Waals surface area contributed by atoms with E-state index in [4.69, 9.17) is 0 Å². The van der Waals surface area contributed by atoms with Crippen molar-refractivity contribution >= 4 is 15.9 Å². The summed E-state index contributed by atoms with van der Waals surface area (Å²) in [7, 11) is 0. The van der Waals surface area contributed by atoms with Crippen molar-refractivity contribution in [2.45, 2.75) is 33.7 Å². The van der Waals surface area contributed by atoms with Gasteiger partial charge in [0.05, 0.1) is 6.04 Å². The van der Waals surface area contributed by atoms with Gasteiger partial charge in [-0.2, -0.15) is 0 Å². The Morgan fingerprint density at radius 1 is 1.05 bits per heavy atom. The van der Waals surface area contributed by atoms with Gasteiger partial charge in [-0.25, -0.2) is 4.39 Å². The summed E-state index contributed by atoms with van der Waals surface area (Å²) in [6, 6.07) is 9.70. The zero-order valence-electron chi connectivity index (χ0n) is 12.9. The second-order valence-corrected chi connectivity index (χ2v) is 6.28. The van der Waals surface area contributed by atoms with Crippen LogP contribution >= 0.6 is 15.9 Å². The van der Waals surface area contributed by atoms with Crippen LogP contribution in [-0.4, -0.2) is 6.54 Å². The first-order valence-electron chi connectivity index (χ1n) is 7.20. The topological polar surface area (TPSA) is 12.0 Å². The molecule has 2 rings (SSSR count). The zero-order valence-corrected chi connectivity index (χ0v) is 14.5. The molecule has 0 aliphatic rings. The van der Waals surface area contributed by atoms with Gasteiger partial charge in [0, 0.05) is 10.0 Å². The van der Waals surface area contributed by atoms with Gasteiger partial charge in [0.2, 0.25) is 0 Å². The quantitative estimate of drug-likeness (QED) is 0.798. The minimum atomic E-state index is -0.123. The van der Waals surface area contributed by atoms with Crippen LogP contribution in [0.3, 0.4) is 0 Å². The standard InChI is InChI=1S/C18H21BrFN/c1-5-21-18(14-8-6-7-11(2)17(14)20)15-9-13(4)16(19)10-12(15)3/h6-10,18,21H,5H2,1-4H3. The van der Waals surface area contributed by atoms with E-state index in [9.17, 15) is 4.39 Å². The summed E-state index contributed by atoms with van der Waals surface area (Å²) in [5.74, 6) is -0.122. The Balaban J connectivity index is 2.59. The van der Waals surface area contributed by atoms with Crippen LogP contribution in [0.4, 0.5) is 4.39 Å². The fraction of sp³-hybridized carbons (Fsp3) is 0.333. The molecule has 1 unspecified atom stereocenters. The third kappa shape index (κ3) is 3.35. The van der Waals surface area contributed by atoms with E-state index in [1.807, 2.05) is 32.0 Å². The van der Waals surface area contributed by atoms with Crippen LogP contribution in [0.25, 0.3) is 0 Å². The lowest BCUT2D eigenvalue weighted by atomic mass is 9.92. The van der Waals surface area contributed by atoms with E-state index in [0.29, 0.717) is 11.1 Å². The predicted octanol–water partition coefficient (Wildman–Crippen LogP) is 5.21. The molecular formula is C18H21BrFN. The first kappa shape index (κ1) is 16.2. The molecule has 0 aromatic heterocycles. The second-order valence-electron chi connectivity index (χ2n) is 5.43. The number of hydrogen-bond acceptors (Lipinski definition) is 1. The minimum absolute atomic E-state index is 0.122. The van der Waals surface area contributed by atoms with Crippen LogP contribution in [0, 0.1) is 26.6 Å². The fourth-order valence-corrected chi connectivity index (χ4v) is 3.06. The van der Waals surface area contributed by atoms with Crippen molar-refractivity contribution in [1.82, 2.24) is 5.32 Å². The van der Waals surface area contributed by atoms with Gasteiger partial charge >= 0.3 is 0 Å². The molecule has 0 amide bonds.